The largest absolute Gasteiger partial charge is 0.495 e. The average Bonchev–Trinajstić information content (AvgIpc) is 2.26. The number of rotatable bonds is 5. The van der Waals surface area contributed by atoms with Crippen molar-refractivity contribution in [2.45, 2.75) is 6.54 Å². The number of nitrogens with one attached hydrogen (secondary N) is 1. The van der Waals surface area contributed by atoms with Gasteiger partial charge in [0.1, 0.15) is 10.2 Å². The number of ether oxygens (including phenoxy) is 2. The molecule has 0 radical (unpaired) electrons. The van der Waals surface area contributed by atoms with Gasteiger partial charge in [0.2, 0.25) is 0 Å². The van der Waals surface area contributed by atoms with Crippen LogP contribution in [0.1, 0.15) is 5.56 Å². The zero-order chi connectivity index (χ0) is 12.1. The summed E-state index contributed by atoms with van der Waals surface area (Å²) in [5, 5.41) is 0. The van der Waals surface area contributed by atoms with Crippen molar-refractivity contribution >= 4 is 15.9 Å². The van der Waals surface area contributed by atoms with Gasteiger partial charge in [-0.2, -0.15) is 5.48 Å². The predicted molar refractivity (Wildman–Crippen MR) is 61.1 cm³/mol. The maximum absolute atomic E-state index is 13.6. The first-order chi connectivity index (χ1) is 7.65. The Kier molecular flexibility index (Phi) is 4.98. The molecule has 0 amide bonds. The lowest BCUT2D eigenvalue weighted by atomic mass is 10.2. The molecule has 0 atom stereocenters. The topological polar surface area (TPSA) is 39.7 Å². The van der Waals surface area contributed by atoms with Crippen molar-refractivity contribution in [3.63, 3.8) is 0 Å². The molecule has 0 spiro atoms. The van der Waals surface area contributed by atoms with E-state index in [0.29, 0.717) is 22.3 Å². The highest BCUT2D eigenvalue weighted by molar-refractivity contribution is 9.10. The number of methoxy groups -OCH3 is 2. The highest BCUT2D eigenvalue weighted by atomic mass is 79.9. The van der Waals surface area contributed by atoms with Crippen LogP contribution in [0, 0.1) is 5.82 Å². The van der Waals surface area contributed by atoms with Gasteiger partial charge in [-0.25, -0.2) is 4.39 Å². The van der Waals surface area contributed by atoms with Crippen LogP contribution in [0.2, 0.25) is 0 Å². The predicted octanol–water partition coefficient (Wildman–Crippen LogP) is 2.26. The van der Waals surface area contributed by atoms with Gasteiger partial charge in [0.25, 0.3) is 0 Å². The van der Waals surface area contributed by atoms with Crippen LogP contribution in [-0.4, -0.2) is 21.3 Å². The summed E-state index contributed by atoms with van der Waals surface area (Å²) in [7, 11) is 4.39. The minimum Gasteiger partial charge on any atom is -0.495 e. The van der Waals surface area contributed by atoms with E-state index >= 15 is 0 Å². The summed E-state index contributed by atoms with van der Waals surface area (Å²) in [6, 6.07) is 1.34. The summed E-state index contributed by atoms with van der Waals surface area (Å²) in [4.78, 5) is 4.71. The Hall–Kier alpha value is -0.850. The molecule has 0 saturated carbocycles. The van der Waals surface area contributed by atoms with Gasteiger partial charge in [0.15, 0.2) is 11.6 Å². The monoisotopic (exact) mass is 293 g/mol. The van der Waals surface area contributed by atoms with Crippen LogP contribution < -0.4 is 15.0 Å². The summed E-state index contributed by atoms with van der Waals surface area (Å²) in [6.45, 7) is 0.333. The van der Waals surface area contributed by atoms with Gasteiger partial charge >= 0.3 is 0 Å². The van der Waals surface area contributed by atoms with Crippen LogP contribution in [-0.2, 0) is 11.4 Å². The molecule has 0 aliphatic rings. The van der Waals surface area contributed by atoms with Crippen LogP contribution in [0.4, 0.5) is 4.39 Å². The summed E-state index contributed by atoms with van der Waals surface area (Å²) >= 11 is 3.24. The van der Waals surface area contributed by atoms with Gasteiger partial charge in [0.05, 0.1) is 21.3 Å². The van der Waals surface area contributed by atoms with Crippen LogP contribution in [0.25, 0.3) is 0 Å². The van der Waals surface area contributed by atoms with Crippen LogP contribution >= 0.6 is 15.9 Å². The summed E-state index contributed by atoms with van der Waals surface area (Å²) in [5.41, 5.74) is 3.26. The fourth-order valence-electron chi connectivity index (χ4n) is 1.32. The molecule has 0 aliphatic carbocycles. The highest BCUT2D eigenvalue weighted by Gasteiger charge is 2.17. The van der Waals surface area contributed by atoms with E-state index in [0.717, 1.165) is 0 Å². The van der Waals surface area contributed by atoms with Crippen molar-refractivity contribution in [1.29, 1.82) is 0 Å². The van der Waals surface area contributed by atoms with Gasteiger partial charge in [-0.05, 0) is 22.0 Å². The standard InChI is InChI=1S/C10H13BrFNO3/c1-14-9-6(5-13-16-3)4-7(12)10(15-2)8(9)11/h4,13H,5H2,1-3H3. The Morgan fingerprint density at radius 3 is 2.38 bits per heavy atom. The fourth-order valence-corrected chi connectivity index (χ4v) is 2.09. The molecule has 0 aromatic heterocycles. The molecule has 1 aromatic rings. The van der Waals surface area contributed by atoms with E-state index < -0.39 is 5.82 Å². The Morgan fingerprint density at radius 1 is 1.25 bits per heavy atom. The third kappa shape index (κ3) is 2.63. The Balaban J connectivity index is 3.18. The van der Waals surface area contributed by atoms with E-state index in [-0.39, 0.29) is 5.75 Å². The van der Waals surface area contributed by atoms with Gasteiger partial charge in [-0.15, -0.1) is 0 Å². The first-order valence-electron chi connectivity index (χ1n) is 4.50. The fraction of sp³-hybridized carbons (Fsp3) is 0.400. The molecule has 16 heavy (non-hydrogen) atoms. The van der Waals surface area contributed by atoms with Gasteiger partial charge in [0, 0.05) is 12.1 Å². The van der Waals surface area contributed by atoms with Crippen molar-refractivity contribution in [2.24, 2.45) is 0 Å². The average molecular weight is 294 g/mol. The minimum absolute atomic E-state index is 0.123. The first kappa shape index (κ1) is 13.2. The molecule has 1 aromatic carbocycles. The molecule has 1 N–H and O–H groups in total. The molecule has 0 fully saturated rings. The first-order valence-corrected chi connectivity index (χ1v) is 5.29. The second kappa shape index (κ2) is 6.03. The molecule has 0 heterocycles. The van der Waals surface area contributed by atoms with E-state index in [1.165, 1.54) is 27.4 Å². The van der Waals surface area contributed by atoms with Crippen molar-refractivity contribution in [3.05, 3.63) is 21.9 Å². The van der Waals surface area contributed by atoms with Gasteiger partial charge in [-0.3, -0.25) is 0 Å². The van der Waals surface area contributed by atoms with Gasteiger partial charge < -0.3 is 14.3 Å². The van der Waals surface area contributed by atoms with Crippen molar-refractivity contribution in [1.82, 2.24) is 5.48 Å². The van der Waals surface area contributed by atoms with E-state index in [4.69, 9.17) is 14.3 Å². The van der Waals surface area contributed by atoms with Crippen molar-refractivity contribution < 1.29 is 18.7 Å². The number of halogens is 2. The Labute approximate surface area is 102 Å². The molecule has 0 aliphatic heterocycles. The summed E-state index contributed by atoms with van der Waals surface area (Å²) < 4.78 is 24.1. The van der Waals surface area contributed by atoms with Crippen molar-refractivity contribution in [3.8, 4) is 11.5 Å². The van der Waals surface area contributed by atoms with Crippen LogP contribution in [0.3, 0.4) is 0 Å². The lowest BCUT2D eigenvalue weighted by Crippen LogP contribution is -2.12. The number of hydrogen-bond acceptors (Lipinski definition) is 4. The quantitative estimate of drug-likeness (QED) is 0.846. The number of hydrogen-bond donors (Lipinski definition) is 1. The molecule has 6 heteroatoms. The molecular weight excluding hydrogens is 281 g/mol. The highest BCUT2D eigenvalue weighted by Crippen LogP contribution is 2.39. The molecular formula is C10H13BrFNO3. The van der Waals surface area contributed by atoms with E-state index in [1.807, 2.05) is 0 Å². The minimum atomic E-state index is -0.455. The van der Waals surface area contributed by atoms with E-state index in [1.54, 1.807) is 0 Å². The number of benzene rings is 1. The SMILES string of the molecule is CONCc1cc(F)c(OC)c(Br)c1OC. The zero-order valence-electron chi connectivity index (χ0n) is 9.27. The zero-order valence-corrected chi connectivity index (χ0v) is 10.9. The normalized spacial score (nSPS) is 10.3. The smallest absolute Gasteiger partial charge is 0.172 e. The maximum atomic E-state index is 13.6. The summed E-state index contributed by atoms with van der Waals surface area (Å²) in [6.07, 6.45) is 0. The maximum Gasteiger partial charge on any atom is 0.172 e. The third-order valence-electron chi connectivity index (χ3n) is 2.02. The molecule has 0 unspecified atom stereocenters. The lowest BCUT2D eigenvalue weighted by molar-refractivity contribution is 0.0860. The summed E-state index contributed by atoms with van der Waals surface area (Å²) in [5.74, 6) is 0.184. The molecule has 4 nitrogen and oxygen atoms in total. The Bertz CT molecular complexity index is 374. The van der Waals surface area contributed by atoms with Crippen LogP contribution in [0.15, 0.2) is 10.5 Å². The van der Waals surface area contributed by atoms with E-state index in [9.17, 15) is 4.39 Å². The molecule has 0 saturated heterocycles. The van der Waals surface area contributed by atoms with E-state index in [2.05, 4.69) is 21.4 Å². The molecule has 1 rings (SSSR count). The third-order valence-corrected chi connectivity index (χ3v) is 2.74. The van der Waals surface area contributed by atoms with Crippen LogP contribution in [0.5, 0.6) is 11.5 Å². The molecule has 90 valence electrons. The lowest BCUT2D eigenvalue weighted by Gasteiger charge is -2.14. The second-order valence-electron chi connectivity index (χ2n) is 2.92. The van der Waals surface area contributed by atoms with Crippen molar-refractivity contribution in [2.75, 3.05) is 21.3 Å². The van der Waals surface area contributed by atoms with Gasteiger partial charge in [-0.1, -0.05) is 0 Å². The number of hydroxylamine groups is 1. The second-order valence-corrected chi connectivity index (χ2v) is 3.72. The Morgan fingerprint density at radius 2 is 1.88 bits per heavy atom. The molecule has 0 bridgehead atoms.